The summed E-state index contributed by atoms with van der Waals surface area (Å²) in [7, 11) is 0. The smallest absolute Gasteiger partial charge is 0.240 e. The SMILES string of the molecule is O=C=Nc1cc(O)ccc1Br. The molecule has 0 bridgehead atoms. The van der Waals surface area contributed by atoms with E-state index in [1.807, 2.05) is 0 Å². The van der Waals surface area contributed by atoms with Crippen LogP contribution in [0.15, 0.2) is 27.7 Å². The molecule has 1 N–H and O–H groups in total. The number of hydrogen-bond acceptors (Lipinski definition) is 3. The van der Waals surface area contributed by atoms with Gasteiger partial charge in [0.1, 0.15) is 5.75 Å². The molecule has 0 aromatic heterocycles. The molecule has 0 aliphatic heterocycles. The quantitative estimate of drug-likeness (QED) is 0.574. The third-order valence-corrected chi connectivity index (χ3v) is 1.77. The number of nitrogens with zero attached hydrogens (tertiary/aromatic N) is 1. The van der Waals surface area contributed by atoms with Gasteiger partial charge in [0.05, 0.1) is 5.69 Å². The Morgan fingerprint density at radius 2 is 2.27 bits per heavy atom. The highest BCUT2D eigenvalue weighted by Crippen LogP contribution is 2.28. The standard InChI is InChI=1S/C7H4BrNO2/c8-6-2-1-5(11)3-7(6)9-4-10/h1-3,11H. The highest BCUT2D eigenvalue weighted by atomic mass is 79.9. The first kappa shape index (κ1) is 7.98. The Morgan fingerprint density at radius 1 is 1.55 bits per heavy atom. The number of rotatable bonds is 1. The Morgan fingerprint density at radius 3 is 2.91 bits per heavy atom. The van der Waals surface area contributed by atoms with Crippen LogP contribution >= 0.6 is 15.9 Å². The number of halogens is 1. The maximum Gasteiger partial charge on any atom is 0.240 e. The average molecular weight is 214 g/mol. The summed E-state index contributed by atoms with van der Waals surface area (Å²) in [6.07, 6.45) is 1.39. The number of isocyanates is 1. The van der Waals surface area contributed by atoms with Crippen LogP contribution in [0.25, 0.3) is 0 Å². The predicted octanol–water partition coefficient (Wildman–Crippen LogP) is 2.12. The lowest BCUT2D eigenvalue weighted by molar-refractivity contribution is 0.475. The predicted molar refractivity (Wildman–Crippen MR) is 43.6 cm³/mol. The molecule has 1 aromatic carbocycles. The lowest BCUT2D eigenvalue weighted by Gasteiger charge is -1.95. The molecule has 0 saturated carbocycles. The van der Waals surface area contributed by atoms with Gasteiger partial charge in [-0.3, -0.25) is 0 Å². The molecule has 3 nitrogen and oxygen atoms in total. The van der Waals surface area contributed by atoms with Crippen molar-refractivity contribution in [3.63, 3.8) is 0 Å². The van der Waals surface area contributed by atoms with E-state index in [1.165, 1.54) is 18.2 Å². The van der Waals surface area contributed by atoms with E-state index in [1.54, 1.807) is 6.07 Å². The maximum atomic E-state index is 9.84. The fraction of sp³-hybridized carbons (Fsp3) is 0. The van der Waals surface area contributed by atoms with Gasteiger partial charge < -0.3 is 5.11 Å². The zero-order chi connectivity index (χ0) is 8.27. The molecule has 0 aliphatic rings. The van der Waals surface area contributed by atoms with Crippen molar-refractivity contribution >= 4 is 27.7 Å². The molecule has 0 atom stereocenters. The van der Waals surface area contributed by atoms with Crippen molar-refractivity contribution in [3.05, 3.63) is 22.7 Å². The van der Waals surface area contributed by atoms with E-state index in [9.17, 15) is 4.79 Å². The molecule has 0 radical (unpaired) electrons. The monoisotopic (exact) mass is 213 g/mol. The zero-order valence-electron chi connectivity index (χ0n) is 5.41. The van der Waals surface area contributed by atoms with Gasteiger partial charge in [-0.25, -0.2) is 4.79 Å². The van der Waals surface area contributed by atoms with E-state index in [2.05, 4.69) is 20.9 Å². The van der Waals surface area contributed by atoms with Gasteiger partial charge in [0, 0.05) is 10.5 Å². The van der Waals surface area contributed by atoms with Gasteiger partial charge in [-0.1, -0.05) is 0 Å². The van der Waals surface area contributed by atoms with Crippen molar-refractivity contribution in [1.82, 2.24) is 0 Å². The summed E-state index contributed by atoms with van der Waals surface area (Å²) in [5.74, 6) is 0.0715. The third kappa shape index (κ3) is 1.90. The summed E-state index contributed by atoms with van der Waals surface area (Å²) in [6.45, 7) is 0. The molecule has 1 rings (SSSR count). The van der Waals surface area contributed by atoms with Crippen molar-refractivity contribution < 1.29 is 9.90 Å². The van der Waals surface area contributed by atoms with E-state index in [0.29, 0.717) is 10.2 Å². The fourth-order valence-electron chi connectivity index (χ4n) is 0.636. The molecule has 11 heavy (non-hydrogen) atoms. The number of benzene rings is 1. The van der Waals surface area contributed by atoms with Crippen LogP contribution in [0.3, 0.4) is 0 Å². The van der Waals surface area contributed by atoms with Gasteiger partial charge >= 0.3 is 0 Å². The molecule has 0 unspecified atom stereocenters. The summed E-state index contributed by atoms with van der Waals surface area (Å²) in [5, 5.41) is 8.95. The molecule has 56 valence electrons. The Kier molecular flexibility index (Phi) is 2.41. The third-order valence-electron chi connectivity index (χ3n) is 1.10. The molecule has 0 aliphatic carbocycles. The van der Waals surface area contributed by atoms with Crippen molar-refractivity contribution in [1.29, 1.82) is 0 Å². The van der Waals surface area contributed by atoms with Crippen LogP contribution in [-0.2, 0) is 4.79 Å². The van der Waals surface area contributed by atoms with E-state index in [-0.39, 0.29) is 5.75 Å². The minimum atomic E-state index is 0.0715. The highest BCUT2D eigenvalue weighted by molar-refractivity contribution is 9.10. The van der Waals surface area contributed by atoms with E-state index in [0.717, 1.165) is 0 Å². The Bertz CT molecular complexity index is 318. The maximum absolute atomic E-state index is 9.84. The van der Waals surface area contributed by atoms with Gasteiger partial charge in [-0.15, -0.1) is 0 Å². The summed E-state index contributed by atoms with van der Waals surface area (Å²) in [5.41, 5.74) is 0.375. The first-order chi connectivity index (χ1) is 5.24. The number of phenols is 1. The average Bonchev–Trinajstić information content (AvgIpc) is 1.98. The van der Waals surface area contributed by atoms with E-state index in [4.69, 9.17) is 5.11 Å². The Hall–Kier alpha value is -1.12. The summed E-state index contributed by atoms with van der Waals surface area (Å²) < 4.78 is 0.652. The van der Waals surface area contributed by atoms with Crippen LogP contribution < -0.4 is 0 Å². The first-order valence-corrected chi connectivity index (χ1v) is 3.59. The van der Waals surface area contributed by atoms with Gasteiger partial charge in [0.15, 0.2) is 0 Å². The second-order valence-corrected chi connectivity index (χ2v) is 2.69. The van der Waals surface area contributed by atoms with Gasteiger partial charge in [0.2, 0.25) is 6.08 Å². The summed E-state index contributed by atoms with van der Waals surface area (Å²) in [6, 6.07) is 4.47. The molecular weight excluding hydrogens is 210 g/mol. The zero-order valence-corrected chi connectivity index (χ0v) is 7.00. The number of carbonyl (C=O) groups excluding carboxylic acids is 1. The lowest BCUT2D eigenvalue weighted by atomic mass is 10.3. The van der Waals surface area contributed by atoms with Crippen LogP contribution in [0.1, 0.15) is 0 Å². The number of aliphatic imine (C=N–C) groups is 1. The molecule has 4 heteroatoms. The second kappa shape index (κ2) is 3.32. The molecule has 0 fully saturated rings. The molecule has 0 saturated heterocycles. The topological polar surface area (TPSA) is 49.7 Å². The van der Waals surface area contributed by atoms with Gasteiger partial charge in [-0.05, 0) is 28.1 Å². The van der Waals surface area contributed by atoms with Crippen LogP contribution in [0, 0.1) is 0 Å². The Balaban J connectivity index is 3.22. The van der Waals surface area contributed by atoms with E-state index >= 15 is 0 Å². The van der Waals surface area contributed by atoms with Crippen molar-refractivity contribution in [2.45, 2.75) is 0 Å². The number of hydrogen-bond donors (Lipinski definition) is 1. The van der Waals surface area contributed by atoms with Crippen LogP contribution in [0.4, 0.5) is 5.69 Å². The number of phenolic OH excluding ortho intramolecular Hbond substituents is 1. The van der Waals surface area contributed by atoms with E-state index < -0.39 is 0 Å². The minimum absolute atomic E-state index is 0.0715. The van der Waals surface area contributed by atoms with Gasteiger partial charge in [0.25, 0.3) is 0 Å². The molecular formula is C7H4BrNO2. The van der Waals surface area contributed by atoms with Crippen LogP contribution in [-0.4, -0.2) is 11.2 Å². The summed E-state index contributed by atoms with van der Waals surface area (Å²) >= 11 is 3.15. The molecule has 1 aromatic rings. The van der Waals surface area contributed by atoms with Crippen LogP contribution in [0.2, 0.25) is 0 Å². The van der Waals surface area contributed by atoms with Crippen molar-refractivity contribution in [3.8, 4) is 5.75 Å². The molecule has 0 heterocycles. The van der Waals surface area contributed by atoms with Crippen LogP contribution in [0.5, 0.6) is 5.75 Å². The lowest BCUT2D eigenvalue weighted by Crippen LogP contribution is -1.68. The van der Waals surface area contributed by atoms with Crippen molar-refractivity contribution in [2.24, 2.45) is 4.99 Å². The normalized spacial score (nSPS) is 8.82. The summed E-state index contributed by atoms with van der Waals surface area (Å²) in [4.78, 5) is 13.2. The highest BCUT2D eigenvalue weighted by Gasteiger charge is 1.97. The van der Waals surface area contributed by atoms with Crippen molar-refractivity contribution in [2.75, 3.05) is 0 Å². The number of aromatic hydroxyl groups is 1. The minimum Gasteiger partial charge on any atom is -0.508 e. The Labute approximate surface area is 71.5 Å². The fourth-order valence-corrected chi connectivity index (χ4v) is 0.971. The largest absolute Gasteiger partial charge is 0.508 e. The molecule has 0 spiro atoms. The first-order valence-electron chi connectivity index (χ1n) is 2.80. The second-order valence-electron chi connectivity index (χ2n) is 1.84. The van der Waals surface area contributed by atoms with Gasteiger partial charge in [-0.2, -0.15) is 4.99 Å². The molecule has 0 amide bonds.